The molecule has 1 atom stereocenters. The van der Waals surface area contributed by atoms with Crippen LogP contribution in [-0.4, -0.2) is 33.7 Å². The van der Waals surface area contributed by atoms with Crippen LogP contribution in [-0.2, 0) is 16.0 Å². The van der Waals surface area contributed by atoms with Crippen molar-refractivity contribution in [3.63, 3.8) is 0 Å². The van der Waals surface area contributed by atoms with Crippen LogP contribution in [0.4, 0.5) is 0 Å². The average molecular weight is 483 g/mol. The molecule has 4 aromatic rings. The van der Waals surface area contributed by atoms with Crippen LogP contribution in [0.15, 0.2) is 42.6 Å². The molecule has 6 heteroatoms. The Kier molecular flexibility index (Phi) is 5.87. The van der Waals surface area contributed by atoms with E-state index in [0.717, 1.165) is 50.7 Å². The maximum Gasteiger partial charge on any atom is 0.178 e. The molecule has 0 aliphatic carbocycles. The normalized spacial score (nSPS) is 14.1. The summed E-state index contributed by atoms with van der Waals surface area (Å²) in [5, 5.41) is 1.83. The first-order chi connectivity index (χ1) is 17.0. The van der Waals surface area contributed by atoms with Gasteiger partial charge in [0.1, 0.15) is 17.5 Å². The smallest absolute Gasteiger partial charge is 0.178 e. The lowest BCUT2D eigenvalue weighted by Gasteiger charge is -2.30. The van der Waals surface area contributed by atoms with E-state index in [1.165, 1.54) is 12.5 Å². The highest BCUT2D eigenvalue weighted by Gasteiger charge is 2.31. The minimum atomic E-state index is -0.779. The van der Waals surface area contributed by atoms with Gasteiger partial charge in [0, 0.05) is 35.9 Å². The number of nitrogens with zero attached hydrogens (tertiary/aromatic N) is 2. The second kappa shape index (κ2) is 8.79. The molecule has 0 unspecified atom stereocenters. The van der Waals surface area contributed by atoms with E-state index in [0.29, 0.717) is 17.8 Å². The van der Waals surface area contributed by atoms with Crippen molar-refractivity contribution in [2.24, 2.45) is 0 Å². The number of carbonyl (C=O) groups excluding carboxylic acids is 2. The summed E-state index contributed by atoms with van der Waals surface area (Å²) >= 11 is 0. The van der Waals surface area contributed by atoms with Crippen molar-refractivity contribution in [2.75, 3.05) is 6.61 Å². The number of ether oxygens (including phenoxy) is 2. The fourth-order valence-electron chi connectivity index (χ4n) is 5.05. The molecule has 184 valence electrons. The Morgan fingerprint density at radius 3 is 2.56 bits per heavy atom. The van der Waals surface area contributed by atoms with Crippen molar-refractivity contribution in [2.45, 2.75) is 59.7 Å². The largest absolute Gasteiger partial charge is 0.493 e. The van der Waals surface area contributed by atoms with E-state index in [1.807, 2.05) is 64.2 Å². The van der Waals surface area contributed by atoms with Gasteiger partial charge in [-0.3, -0.25) is 14.6 Å². The van der Waals surface area contributed by atoms with E-state index in [9.17, 15) is 9.59 Å². The van der Waals surface area contributed by atoms with Crippen LogP contribution < -0.4 is 4.74 Å². The van der Waals surface area contributed by atoms with E-state index in [1.54, 1.807) is 13.0 Å². The third-order valence-electron chi connectivity index (χ3n) is 6.54. The van der Waals surface area contributed by atoms with Crippen molar-refractivity contribution in [3.05, 3.63) is 65.0 Å². The molecule has 0 radical (unpaired) electrons. The molecule has 0 N–H and O–H groups in total. The number of ketones is 2. The zero-order chi connectivity index (χ0) is 25.8. The molecular formula is C30H30N2O4. The Labute approximate surface area is 210 Å². The predicted molar refractivity (Wildman–Crippen MR) is 141 cm³/mol. The third-order valence-corrected chi connectivity index (χ3v) is 6.54. The van der Waals surface area contributed by atoms with E-state index in [-0.39, 0.29) is 11.6 Å². The summed E-state index contributed by atoms with van der Waals surface area (Å²) in [4.78, 5) is 34.6. The first kappa shape index (κ1) is 24.1. The molecule has 3 heterocycles. The van der Waals surface area contributed by atoms with Crippen LogP contribution in [0.3, 0.4) is 0 Å². The summed E-state index contributed by atoms with van der Waals surface area (Å²) in [7, 11) is 0. The Morgan fingerprint density at radius 1 is 1.08 bits per heavy atom. The highest BCUT2D eigenvalue weighted by atomic mass is 16.5. The lowest BCUT2D eigenvalue weighted by atomic mass is 9.85. The van der Waals surface area contributed by atoms with Gasteiger partial charge in [-0.2, -0.15) is 0 Å². The number of benzene rings is 2. The van der Waals surface area contributed by atoms with Crippen LogP contribution in [0, 0.1) is 6.92 Å². The summed E-state index contributed by atoms with van der Waals surface area (Å²) in [5.74, 6) is 0.631. The minimum absolute atomic E-state index is 0.0824. The van der Waals surface area contributed by atoms with Crippen LogP contribution in [0.5, 0.6) is 5.75 Å². The Morgan fingerprint density at radius 2 is 1.86 bits per heavy atom. The van der Waals surface area contributed by atoms with Gasteiger partial charge in [0.25, 0.3) is 0 Å². The monoisotopic (exact) mass is 482 g/mol. The maximum absolute atomic E-state index is 13.0. The van der Waals surface area contributed by atoms with Gasteiger partial charge in [0.2, 0.25) is 0 Å². The van der Waals surface area contributed by atoms with E-state index < -0.39 is 11.7 Å². The molecule has 1 aliphatic heterocycles. The van der Waals surface area contributed by atoms with Gasteiger partial charge < -0.3 is 9.47 Å². The lowest BCUT2D eigenvalue weighted by Crippen LogP contribution is -2.27. The summed E-state index contributed by atoms with van der Waals surface area (Å²) in [5.41, 5.74) is 5.93. The van der Waals surface area contributed by atoms with Gasteiger partial charge in [0.15, 0.2) is 11.6 Å². The van der Waals surface area contributed by atoms with Crippen LogP contribution >= 0.6 is 0 Å². The number of aryl methyl sites for hydroxylation is 1. The molecule has 0 amide bonds. The number of pyridine rings is 2. The maximum atomic E-state index is 13.0. The Hall–Kier alpha value is -3.64. The van der Waals surface area contributed by atoms with Crippen molar-refractivity contribution < 1.29 is 19.1 Å². The van der Waals surface area contributed by atoms with Crippen LogP contribution in [0.1, 0.15) is 67.9 Å². The molecular weight excluding hydrogens is 452 g/mol. The van der Waals surface area contributed by atoms with E-state index >= 15 is 0 Å². The number of Topliss-reactive ketones (excluding diaryl/α,β-unsaturated/α-hetero) is 2. The Bertz CT molecular complexity index is 1540. The zero-order valence-electron chi connectivity index (χ0n) is 21.6. The third kappa shape index (κ3) is 4.16. The van der Waals surface area contributed by atoms with Crippen molar-refractivity contribution in [3.8, 4) is 16.9 Å². The van der Waals surface area contributed by atoms with Crippen LogP contribution in [0.25, 0.3) is 32.9 Å². The second-order valence-electron chi connectivity index (χ2n) is 10.4. The van der Waals surface area contributed by atoms with Gasteiger partial charge in [-0.15, -0.1) is 0 Å². The van der Waals surface area contributed by atoms with Crippen molar-refractivity contribution in [1.82, 2.24) is 9.97 Å². The number of aromatic nitrogens is 2. The number of hydrogen-bond donors (Lipinski definition) is 0. The highest BCUT2D eigenvalue weighted by molar-refractivity contribution is 6.09. The zero-order valence-corrected chi connectivity index (χ0v) is 21.6. The first-order valence-corrected chi connectivity index (χ1v) is 12.2. The first-order valence-electron chi connectivity index (χ1n) is 12.2. The van der Waals surface area contributed by atoms with Crippen molar-refractivity contribution in [1.29, 1.82) is 0 Å². The molecule has 0 bridgehead atoms. The highest BCUT2D eigenvalue weighted by Crippen LogP contribution is 2.45. The molecule has 0 fully saturated rings. The summed E-state index contributed by atoms with van der Waals surface area (Å²) in [6, 6.07) is 11.6. The van der Waals surface area contributed by atoms with Gasteiger partial charge in [-0.25, -0.2) is 4.98 Å². The topological polar surface area (TPSA) is 78.4 Å². The molecule has 0 saturated carbocycles. The molecule has 0 spiro atoms. The molecule has 1 aliphatic rings. The number of carbonyl (C=O) groups is 2. The average Bonchev–Trinajstić information content (AvgIpc) is 2.81. The van der Waals surface area contributed by atoms with E-state index in [4.69, 9.17) is 14.5 Å². The summed E-state index contributed by atoms with van der Waals surface area (Å²) < 4.78 is 12.3. The van der Waals surface area contributed by atoms with Crippen LogP contribution in [0.2, 0.25) is 0 Å². The molecule has 2 aromatic heterocycles. The summed E-state index contributed by atoms with van der Waals surface area (Å²) in [6.07, 6.45) is 1.86. The number of fused-ring (bicyclic) bond motifs is 1. The Balaban J connectivity index is 1.92. The molecule has 36 heavy (non-hydrogen) atoms. The number of rotatable bonds is 5. The van der Waals surface area contributed by atoms with Gasteiger partial charge in [0.05, 0.1) is 23.2 Å². The van der Waals surface area contributed by atoms with E-state index in [2.05, 4.69) is 4.98 Å². The predicted octanol–water partition coefficient (Wildman–Crippen LogP) is 6.34. The van der Waals surface area contributed by atoms with Crippen molar-refractivity contribution >= 4 is 33.4 Å². The quantitative estimate of drug-likeness (QED) is 0.309. The standard InChI is InChI=1S/C30H30N2O4/c1-16-15-23-20(7-9-22(32-23)17(2)33)27(25(16)29(18(3)34)36-30(4,5)6)21-8-10-24-26-19(12-14-35-24)11-13-31-28(21)26/h7-11,13,15,29H,12,14H2,1-6H3/t29-/m1/s1. The molecule has 6 nitrogen and oxygen atoms in total. The van der Waals surface area contributed by atoms with Gasteiger partial charge >= 0.3 is 0 Å². The lowest BCUT2D eigenvalue weighted by molar-refractivity contribution is -0.138. The molecule has 0 saturated heterocycles. The SMILES string of the molecule is CC(=O)c1ccc2c(-c3ccc4c5c(ccnc35)CCO4)c([C@H](OC(C)(C)C)C(C)=O)c(C)cc2n1. The fourth-order valence-corrected chi connectivity index (χ4v) is 5.05. The van der Waals surface area contributed by atoms with Gasteiger partial charge in [-0.05, 0) is 93.3 Å². The molecule has 2 aromatic carbocycles. The van der Waals surface area contributed by atoms with Gasteiger partial charge in [-0.1, -0.05) is 0 Å². The molecule has 5 rings (SSSR count). The summed E-state index contributed by atoms with van der Waals surface area (Å²) in [6.45, 7) is 11.5. The minimum Gasteiger partial charge on any atom is -0.493 e. The number of hydrogen-bond acceptors (Lipinski definition) is 6. The fraction of sp³-hybridized carbons (Fsp3) is 0.333. The second-order valence-corrected chi connectivity index (χ2v) is 10.4.